The predicted octanol–water partition coefficient (Wildman–Crippen LogP) is 3.28. The van der Waals surface area contributed by atoms with Crippen LogP contribution in [0.15, 0.2) is 0 Å². The van der Waals surface area contributed by atoms with E-state index in [1.165, 1.54) is 45.3 Å². The van der Waals surface area contributed by atoms with Gasteiger partial charge in [-0.05, 0) is 38.6 Å². The van der Waals surface area contributed by atoms with Crippen LogP contribution in [0.5, 0.6) is 0 Å². The van der Waals surface area contributed by atoms with Crippen molar-refractivity contribution in [1.29, 1.82) is 0 Å². The van der Waals surface area contributed by atoms with Gasteiger partial charge in [0.25, 0.3) is 0 Å². The summed E-state index contributed by atoms with van der Waals surface area (Å²) in [5.74, 6) is 0.819. The number of rotatable bonds is 6. The first-order chi connectivity index (χ1) is 8.00. The molecule has 0 aromatic carbocycles. The van der Waals surface area contributed by atoms with Crippen molar-refractivity contribution in [3.8, 4) is 0 Å². The third kappa shape index (κ3) is 4.59. The van der Waals surface area contributed by atoms with Crippen molar-refractivity contribution < 1.29 is 0 Å². The molecule has 1 heterocycles. The van der Waals surface area contributed by atoms with Gasteiger partial charge in [0, 0.05) is 24.7 Å². The summed E-state index contributed by atoms with van der Waals surface area (Å²) < 4.78 is 0. The first-order valence-electron chi connectivity index (χ1n) is 7.49. The van der Waals surface area contributed by atoms with Gasteiger partial charge in [-0.2, -0.15) is 0 Å². The summed E-state index contributed by atoms with van der Waals surface area (Å²) in [5, 5.41) is 3.76. The van der Waals surface area contributed by atoms with E-state index >= 15 is 0 Å². The summed E-state index contributed by atoms with van der Waals surface area (Å²) in [7, 11) is 0. The maximum Gasteiger partial charge on any atom is 0.0278 e. The highest BCUT2D eigenvalue weighted by Gasteiger charge is 2.33. The van der Waals surface area contributed by atoms with E-state index in [0.717, 1.165) is 12.0 Å². The number of nitrogens with zero attached hydrogens (tertiary/aromatic N) is 1. The van der Waals surface area contributed by atoms with E-state index < -0.39 is 0 Å². The lowest BCUT2D eigenvalue weighted by molar-refractivity contribution is 0.0750. The van der Waals surface area contributed by atoms with Gasteiger partial charge in [0.2, 0.25) is 0 Å². The Bertz CT molecular complexity index is 215. The third-order valence-electron chi connectivity index (χ3n) is 4.23. The van der Waals surface area contributed by atoms with Crippen LogP contribution in [-0.2, 0) is 0 Å². The fraction of sp³-hybridized carbons (Fsp3) is 1.00. The van der Waals surface area contributed by atoms with Crippen LogP contribution in [0.1, 0.15) is 60.3 Å². The van der Waals surface area contributed by atoms with E-state index in [1.807, 2.05) is 0 Å². The Balaban J connectivity index is 2.56. The van der Waals surface area contributed by atoms with Crippen molar-refractivity contribution in [2.45, 2.75) is 71.9 Å². The summed E-state index contributed by atoms with van der Waals surface area (Å²) >= 11 is 0. The van der Waals surface area contributed by atoms with Crippen molar-refractivity contribution in [3.63, 3.8) is 0 Å². The van der Waals surface area contributed by atoms with Gasteiger partial charge in [-0.3, -0.25) is 4.90 Å². The molecule has 2 heteroatoms. The molecule has 102 valence electrons. The summed E-state index contributed by atoms with van der Waals surface area (Å²) in [6.45, 7) is 15.3. The molecule has 0 radical (unpaired) electrons. The second-order valence-corrected chi connectivity index (χ2v) is 6.39. The monoisotopic (exact) mass is 240 g/mol. The zero-order valence-electron chi connectivity index (χ0n) is 12.6. The molecule has 1 saturated heterocycles. The van der Waals surface area contributed by atoms with E-state index in [-0.39, 0.29) is 0 Å². The summed E-state index contributed by atoms with van der Waals surface area (Å²) in [6, 6.07) is 0.762. The second-order valence-electron chi connectivity index (χ2n) is 6.39. The molecule has 0 amide bonds. The number of hydrogen-bond acceptors (Lipinski definition) is 2. The topological polar surface area (TPSA) is 15.3 Å². The van der Waals surface area contributed by atoms with Gasteiger partial charge < -0.3 is 5.32 Å². The Labute approximate surface area is 108 Å². The molecule has 0 bridgehead atoms. The Morgan fingerprint density at radius 1 is 1.35 bits per heavy atom. The number of nitrogens with one attached hydrogen (secondary N) is 1. The molecular formula is C15H32N2. The van der Waals surface area contributed by atoms with E-state index in [2.05, 4.69) is 44.8 Å². The van der Waals surface area contributed by atoms with E-state index in [4.69, 9.17) is 0 Å². The molecule has 0 aromatic heterocycles. The van der Waals surface area contributed by atoms with Gasteiger partial charge >= 0.3 is 0 Å². The van der Waals surface area contributed by atoms with Crippen LogP contribution in [-0.4, -0.2) is 36.1 Å². The van der Waals surface area contributed by atoms with Gasteiger partial charge in [-0.25, -0.2) is 0 Å². The Kier molecular flexibility index (Phi) is 5.94. The van der Waals surface area contributed by atoms with Crippen LogP contribution in [0.4, 0.5) is 0 Å². The molecule has 17 heavy (non-hydrogen) atoms. The molecule has 0 spiro atoms. The largest absolute Gasteiger partial charge is 0.309 e. The highest BCUT2D eigenvalue weighted by atomic mass is 15.2. The first-order valence-corrected chi connectivity index (χ1v) is 7.49. The van der Waals surface area contributed by atoms with E-state index in [9.17, 15) is 0 Å². The zero-order valence-corrected chi connectivity index (χ0v) is 12.6. The maximum atomic E-state index is 3.76. The molecule has 1 aliphatic heterocycles. The fourth-order valence-corrected chi connectivity index (χ4v) is 2.67. The highest BCUT2D eigenvalue weighted by molar-refractivity contribution is 4.94. The standard InChI is InChI=1S/C15H32N2/c1-6-8-14-11-16-15(5,7-2)12-17(14)10-9-13(3)4/h13-14,16H,6-12H2,1-5H3. The quantitative estimate of drug-likeness (QED) is 0.766. The predicted molar refractivity (Wildman–Crippen MR) is 76.4 cm³/mol. The van der Waals surface area contributed by atoms with Crippen molar-refractivity contribution in [1.82, 2.24) is 10.2 Å². The molecule has 1 aliphatic rings. The Morgan fingerprint density at radius 3 is 2.59 bits per heavy atom. The molecule has 0 aliphatic carbocycles. The lowest BCUT2D eigenvalue weighted by atomic mass is 9.91. The number of hydrogen-bond donors (Lipinski definition) is 1. The number of piperazine rings is 1. The zero-order chi connectivity index (χ0) is 12.9. The molecule has 1 N–H and O–H groups in total. The SMILES string of the molecule is CCCC1CNC(C)(CC)CN1CCC(C)C. The Morgan fingerprint density at radius 2 is 2.06 bits per heavy atom. The molecule has 1 rings (SSSR count). The normalized spacial score (nSPS) is 31.1. The van der Waals surface area contributed by atoms with Crippen molar-refractivity contribution >= 4 is 0 Å². The van der Waals surface area contributed by atoms with Crippen molar-refractivity contribution in [2.24, 2.45) is 5.92 Å². The lowest BCUT2D eigenvalue weighted by Gasteiger charge is -2.46. The van der Waals surface area contributed by atoms with Gasteiger partial charge in [-0.1, -0.05) is 34.1 Å². The Hall–Kier alpha value is -0.0800. The molecule has 2 unspecified atom stereocenters. The van der Waals surface area contributed by atoms with Crippen LogP contribution in [0.2, 0.25) is 0 Å². The van der Waals surface area contributed by atoms with Crippen LogP contribution in [0.25, 0.3) is 0 Å². The maximum absolute atomic E-state index is 3.76. The first kappa shape index (κ1) is 15.0. The van der Waals surface area contributed by atoms with Gasteiger partial charge in [0.1, 0.15) is 0 Å². The van der Waals surface area contributed by atoms with Gasteiger partial charge in [0.05, 0.1) is 0 Å². The van der Waals surface area contributed by atoms with Crippen LogP contribution < -0.4 is 5.32 Å². The molecule has 0 saturated carbocycles. The average molecular weight is 240 g/mol. The fourth-order valence-electron chi connectivity index (χ4n) is 2.67. The minimum absolute atomic E-state index is 0.335. The van der Waals surface area contributed by atoms with Crippen LogP contribution in [0, 0.1) is 5.92 Å². The molecule has 1 fully saturated rings. The molecule has 2 atom stereocenters. The average Bonchev–Trinajstić information content (AvgIpc) is 2.30. The van der Waals surface area contributed by atoms with Crippen LogP contribution in [0.3, 0.4) is 0 Å². The van der Waals surface area contributed by atoms with E-state index in [1.54, 1.807) is 0 Å². The van der Waals surface area contributed by atoms with Crippen LogP contribution >= 0.6 is 0 Å². The highest BCUT2D eigenvalue weighted by Crippen LogP contribution is 2.22. The van der Waals surface area contributed by atoms with Gasteiger partial charge in [-0.15, -0.1) is 0 Å². The summed E-state index contributed by atoms with van der Waals surface area (Å²) in [5.41, 5.74) is 0.335. The van der Waals surface area contributed by atoms with Gasteiger partial charge in [0.15, 0.2) is 0 Å². The molecule has 0 aromatic rings. The second kappa shape index (κ2) is 6.75. The minimum atomic E-state index is 0.335. The summed E-state index contributed by atoms with van der Waals surface area (Å²) in [6.07, 6.45) is 5.20. The van der Waals surface area contributed by atoms with Crippen molar-refractivity contribution in [2.75, 3.05) is 19.6 Å². The summed E-state index contributed by atoms with van der Waals surface area (Å²) in [4.78, 5) is 2.74. The molecule has 2 nitrogen and oxygen atoms in total. The molecular weight excluding hydrogens is 208 g/mol. The van der Waals surface area contributed by atoms with E-state index in [0.29, 0.717) is 5.54 Å². The van der Waals surface area contributed by atoms with Crippen molar-refractivity contribution in [3.05, 3.63) is 0 Å². The minimum Gasteiger partial charge on any atom is -0.309 e. The third-order valence-corrected chi connectivity index (χ3v) is 4.23. The lowest BCUT2D eigenvalue weighted by Crippen LogP contribution is -2.62. The smallest absolute Gasteiger partial charge is 0.0278 e.